The van der Waals surface area contributed by atoms with Gasteiger partial charge >= 0.3 is 0 Å². The van der Waals surface area contributed by atoms with Crippen LogP contribution in [0.25, 0.3) is 0 Å². The summed E-state index contributed by atoms with van der Waals surface area (Å²) in [5, 5.41) is 0. The van der Waals surface area contributed by atoms with E-state index in [0.29, 0.717) is 0 Å². The molecule has 0 aromatic heterocycles. The fraction of sp³-hybridized carbons (Fsp3) is 1.00. The molecule has 0 aliphatic heterocycles. The monoisotopic (exact) mass is 269 g/mol. The first-order valence-corrected chi connectivity index (χ1v) is 9.15. The van der Waals surface area contributed by atoms with Crippen molar-refractivity contribution < 1.29 is 16.8 Å². The molecule has 0 unspecified atom stereocenters. The Hall–Kier alpha value is -0.140. The first-order chi connectivity index (χ1) is 7.29. The lowest BCUT2D eigenvalue weighted by atomic mass is 10.1. The Morgan fingerprint density at radius 1 is 1.12 bits per heavy atom. The zero-order valence-electron chi connectivity index (χ0n) is 9.48. The predicted molar refractivity (Wildman–Crippen MR) is 63.5 cm³/mol. The van der Waals surface area contributed by atoms with Crippen LogP contribution >= 0.6 is 0 Å². The first-order valence-electron chi connectivity index (χ1n) is 5.43. The van der Waals surface area contributed by atoms with Gasteiger partial charge in [-0.1, -0.05) is 12.8 Å². The van der Waals surface area contributed by atoms with E-state index in [0.717, 1.165) is 31.9 Å². The van der Waals surface area contributed by atoms with Crippen LogP contribution < -0.4 is 4.72 Å². The van der Waals surface area contributed by atoms with Crippen LogP contribution in [-0.2, 0) is 19.9 Å². The SMILES string of the molecule is CS(=O)(=O)CCNS(=O)(=O)CC1CCCC1. The number of sulfone groups is 1. The minimum atomic E-state index is -3.30. The third kappa shape index (κ3) is 5.81. The van der Waals surface area contributed by atoms with Gasteiger partial charge in [0.15, 0.2) is 0 Å². The fourth-order valence-corrected chi connectivity index (χ4v) is 4.02. The van der Waals surface area contributed by atoms with Crippen LogP contribution in [0.2, 0.25) is 0 Å². The molecule has 0 saturated heterocycles. The molecule has 5 nitrogen and oxygen atoms in total. The van der Waals surface area contributed by atoms with Gasteiger partial charge in [0, 0.05) is 12.8 Å². The van der Waals surface area contributed by atoms with Crippen LogP contribution in [-0.4, -0.2) is 41.1 Å². The Bertz CT molecular complexity index is 407. The highest BCUT2D eigenvalue weighted by atomic mass is 32.2. The Morgan fingerprint density at radius 3 is 2.19 bits per heavy atom. The van der Waals surface area contributed by atoms with Gasteiger partial charge in [0.25, 0.3) is 0 Å². The van der Waals surface area contributed by atoms with E-state index in [1.54, 1.807) is 0 Å². The molecular formula is C9H19NO4S2. The van der Waals surface area contributed by atoms with Gasteiger partial charge in [0.1, 0.15) is 9.84 Å². The van der Waals surface area contributed by atoms with Gasteiger partial charge in [0.2, 0.25) is 10.0 Å². The normalized spacial score (nSPS) is 19.1. The molecule has 0 spiro atoms. The summed E-state index contributed by atoms with van der Waals surface area (Å²) in [6, 6.07) is 0. The summed E-state index contributed by atoms with van der Waals surface area (Å²) >= 11 is 0. The van der Waals surface area contributed by atoms with E-state index in [4.69, 9.17) is 0 Å². The maximum atomic E-state index is 11.6. The third-order valence-corrected chi connectivity index (χ3v) is 5.22. The molecule has 7 heteroatoms. The van der Waals surface area contributed by atoms with Gasteiger partial charge in [-0.2, -0.15) is 0 Å². The number of hydrogen-bond donors (Lipinski definition) is 1. The number of sulfonamides is 1. The molecule has 1 aliphatic rings. The topological polar surface area (TPSA) is 80.3 Å². The van der Waals surface area contributed by atoms with Crippen molar-refractivity contribution in [3.63, 3.8) is 0 Å². The van der Waals surface area contributed by atoms with Gasteiger partial charge in [-0.05, 0) is 18.8 Å². The van der Waals surface area contributed by atoms with E-state index in [2.05, 4.69) is 4.72 Å². The van der Waals surface area contributed by atoms with Crippen LogP contribution in [0.1, 0.15) is 25.7 Å². The number of rotatable bonds is 6. The molecule has 1 fully saturated rings. The highest BCUT2D eigenvalue weighted by Gasteiger charge is 2.22. The van der Waals surface area contributed by atoms with Crippen molar-refractivity contribution in [1.82, 2.24) is 4.72 Å². The van der Waals surface area contributed by atoms with Gasteiger partial charge in [-0.15, -0.1) is 0 Å². The van der Waals surface area contributed by atoms with Gasteiger partial charge in [0.05, 0.1) is 11.5 Å². The average molecular weight is 269 g/mol. The molecule has 1 N–H and O–H groups in total. The zero-order chi connectivity index (χ0) is 12.2. The molecule has 0 radical (unpaired) electrons. The molecule has 1 aliphatic carbocycles. The summed E-state index contributed by atoms with van der Waals surface area (Å²) in [6.45, 7) is -0.0200. The number of nitrogens with one attached hydrogen (secondary N) is 1. The molecule has 0 aromatic carbocycles. The van der Waals surface area contributed by atoms with E-state index in [1.165, 1.54) is 0 Å². The summed E-state index contributed by atoms with van der Waals surface area (Å²) in [7, 11) is -6.40. The second kappa shape index (κ2) is 5.46. The van der Waals surface area contributed by atoms with Crippen LogP contribution in [0.5, 0.6) is 0 Å². The largest absolute Gasteiger partial charge is 0.229 e. The van der Waals surface area contributed by atoms with Crippen molar-refractivity contribution in [2.24, 2.45) is 5.92 Å². The summed E-state index contributed by atoms with van der Waals surface area (Å²) < 4.78 is 47.1. The Kier molecular flexibility index (Phi) is 4.75. The van der Waals surface area contributed by atoms with Crippen LogP contribution in [0.4, 0.5) is 0 Å². The van der Waals surface area contributed by atoms with Crippen molar-refractivity contribution >= 4 is 19.9 Å². The highest BCUT2D eigenvalue weighted by Crippen LogP contribution is 2.25. The van der Waals surface area contributed by atoms with E-state index >= 15 is 0 Å². The summed E-state index contributed by atoms with van der Waals surface area (Å²) in [5.74, 6) is 0.240. The summed E-state index contributed by atoms with van der Waals surface area (Å²) in [6.07, 6.45) is 5.23. The quantitative estimate of drug-likeness (QED) is 0.744. The average Bonchev–Trinajstić information content (AvgIpc) is 2.52. The van der Waals surface area contributed by atoms with Crippen LogP contribution in [0.15, 0.2) is 0 Å². The maximum absolute atomic E-state index is 11.6. The van der Waals surface area contributed by atoms with Gasteiger partial charge in [-0.3, -0.25) is 0 Å². The second-order valence-corrected chi connectivity index (χ2v) is 8.57. The molecule has 96 valence electrons. The van der Waals surface area contributed by atoms with E-state index < -0.39 is 19.9 Å². The third-order valence-electron chi connectivity index (χ3n) is 2.72. The lowest BCUT2D eigenvalue weighted by Gasteiger charge is -2.10. The van der Waals surface area contributed by atoms with Crippen molar-refractivity contribution in [1.29, 1.82) is 0 Å². The molecule has 0 bridgehead atoms. The molecule has 0 heterocycles. The minimum absolute atomic E-state index is 0.0200. The molecule has 0 amide bonds. The minimum Gasteiger partial charge on any atom is -0.229 e. The Balaban J connectivity index is 2.34. The summed E-state index contributed by atoms with van der Waals surface area (Å²) in [4.78, 5) is 0. The second-order valence-electron chi connectivity index (χ2n) is 4.46. The summed E-state index contributed by atoms with van der Waals surface area (Å²) in [5.41, 5.74) is 0. The van der Waals surface area contributed by atoms with Crippen molar-refractivity contribution in [2.45, 2.75) is 25.7 Å². The maximum Gasteiger partial charge on any atom is 0.211 e. The Labute approximate surface area is 97.6 Å². The molecule has 16 heavy (non-hydrogen) atoms. The van der Waals surface area contributed by atoms with Crippen LogP contribution in [0.3, 0.4) is 0 Å². The van der Waals surface area contributed by atoms with Crippen molar-refractivity contribution in [3.05, 3.63) is 0 Å². The smallest absolute Gasteiger partial charge is 0.211 e. The van der Waals surface area contributed by atoms with E-state index in [1.807, 2.05) is 0 Å². The molecule has 0 atom stereocenters. The zero-order valence-corrected chi connectivity index (χ0v) is 11.1. The lowest BCUT2D eigenvalue weighted by molar-refractivity contribution is 0.549. The van der Waals surface area contributed by atoms with Crippen molar-refractivity contribution in [3.8, 4) is 0 Å². The lowest BCUT2D eigenvalue weighted by Crippen LogP contribution is -2.32. The standard InChI is InChI=1S/C9H19NO4S2/c1-15(11,12)7-6-10-16(13,14)8-9-4-2-3-5-9/h9-10H,2-8H2,1H3. The molecule has 1 rings (SSSR count). The van der Waals surface area contributed by atoms with Gasteiger partial charge < -0.3 is 0 Å². The van der Waals surface area contributed by atoms with Gasteiger partial charge in [-0.25, -0.2) is 21.6 Å². The predicted octanol–water partition coefficient (Wildman–Crippen LogP) is 0.141. The molecular weight excluding hydrogens is 250 g/mol. The fourth-order valence-electron chi connectivity index (χ4n) is 1.93. The highest BCUT2D eigenvalue weighted by molar-refractivity contribution is 7.91. The Morgan fingerprint density at radius 2 is 1.69 bits per heavy atom. The van der Waals surface area contributed by atoms with E-state index in [-0.39, 0.29) is 24.0 Å². The molecule has 0 aromatic rings. The first kappa shape index (κ1) is 13.9. The van der Waals surface area contributed by atoms with Crippen LogP contribution in [0, 0.1) is 5.92 Å². The van der Waals surface area contributed by atoms with Crippen molar-refractivity contribution in [2.75, 3.05) is 24.3 Å². The molecule has 1 saturated carbocycles. The van der Waals surface area contributed by atoms with E-state index in [9.17, 15) is 16.8 Å². The number of hydrogen-bond acceptors (Lipinski definition) is 4.